The van der Waals surface area contributed by atoms with Crippen LogP contribution in [0.25, 0.3) is 11.1 Å². The third-order valence-corrected chi connectivity index (χ3v) is 4.65. The van der Waals surface area contributed by atoms with E-state index in [1.54, 1.807) is 0 Å². The highest BCUT2D eigenvalue weighted by Crippen LogP contribution is 2.37. The van der Waals surface area contributed by atoms with Crippen LogP contribution in [0.5, 0.6) is 0 Å². The molecule has 2 atom stereocenters. The Hall–Kier alpha value is -1.80. The van der Waals surface area contributed by atoms with E-state index in [0.29, 0.717) is 12.1 Å². The molecule has 2 aromatic carbocycles. The molecular formula is C19H21NO. The Balaban J connectivity index is 1.56. The summed E-state index contributed by atoms with van der Waals surface area (Å²) in [5, 5.41) is 3.69. The van der Waals surface area contributed by atoms with Crippen molar-refractivity contribution in [3.63, 3.8) is 0 Å². The molecule has 0 aromatic heterocycles. The number of fused-ring (bicyclic) bond motifs is 3. The van der Waals surface area contributed by atoms with E-state index in [2.05, 4.69) is 54.7 Å². The van der Waals surface area contributed by atoms with E-state index < -0.39 is 0 Å². The largest absolute Gasteiger partial charge is 0.382 e. The first-order valence-corrected chi connectivity index (χ1v) is 7.89. The summed E-state index contributed by atoms with van der Waals surface area (Å²) < 4.78 is 5.62. The van der Waals surface area contributed by atoms with Crippen molar-refractivity contribution in [1.82, 2.24) is 0 Å². The van der Waals surface area contributed by atoms with E-state index in [1.165, 1.54) is 27.9 Å². The molecule has 0 spiro atoms. The second-order valence-corrected chi connectivity index (χ2v) is 6.25. The Kier molecular flexibility index (Phi) is 3.19. The smallest absolute Gasteiger partial charge is 0.0566 e. The zero-order valence-electron chi connectivity index (χ0n) is 12.4. The number of hydrogen-bond acceptors (Lipinski definition) is 2. The van der Waals surface area contributed by atoms with Crippen LogP contribution < -0.4 is 5.32 Å². The highest BCUT2D eigenvalue weighted by Gasteiger charge is 2.21. The Labute approximate surface area is 126 Å². The number of hydrogen-bond donors (Lipinski definition) is 1. The fourth-order valence-electron chi connectivity index (χ4n) is 3.60. The minimum Gasteiger partial charge on any atom is -0.382 e. The van der Waals surface area contributed by atoms with Crippen LogP contribution in [0, 0.1) is 0 Å². The molecule has 21 heavy (non-hydrogen) atoms. The Bertz CT molecular complexity index is 664. The van der Waals surface area contributed by atoms with Crippen LogP contribution in [-0.4, -0.2) is 18.8 Å². The maximum Gasteiger partial charge on any atom is 0.0566 e. The van der Waals surface area contributed by atoms with E-state index in [0.717, 1.165) is 25.9 Å². The number of anilines is 1. The van der Waals surface area contributed by atoms with E-state index in [1.807, 2.05) is 0 Å². The van der Waals surface area contributed by atoms with Crippen molar-refractivity contribution in [3.05, 3.63) is 53.6 Å². The van der Waals surface area contributed by atoms with Crippen LogP contribution in [0.2, 0.25) is 0 Å². The predicted octanol–water partition coefficient (Wildman–Crippen LogP) is 4.24. The van der Waals surface area contributed by atoms with Crippen LogP contribution in [0.3, 0.4) is 0 Å². The fraction of sp³-hybridized carbons (Fsp3) is 0.368. The highest BCUT2D eigenvalue weighted by atomic mass is 16.5. The van der Waals surface area contributed by atoms with Crippen molar-refractivity contribution in [2.45, 2.75) is 38.3 Å². The van der Waals surface area contributed by atoms with Crippen LogP contribution in [0.1, 0.15) is 30.9 Å². The van der Waals surface area contributed by atoms with E-state index in [-0.39, 0.29) is 0 Å². The molecule has 0 saturated carbocycles. The summed E-state index contributed by atoms with van der Waals surface area (Å²) in [5.41, 5.74) is 6.95. The van der Waals surface area contributed by atoms with Gasteiger partial charge in [-0.15, -0.1) is 0 Å². The van der Waals surface area contributed by atoms with Gasteiger partial charge >= 0.3 is 0 Å². The predicted molar refractivity (Wildman–Crippen MR) is 86.7 cm³/mol. The monoisotopic (exact) mass is 279 g/mol. The molecule has 1 saturated heterocycles. The molecule has 0 amide bonds. The summed E-state index contributed by atoms with van der Waals surface area (Å²) >= 11 is 0. The Morgan fingerprint density at radius 2 is 1.90 bits per heavy atom. The van der Waals surface area contributed by atoms with Crippen LogP contribution in [0.4, 0.5) is 5.69 Å². The van der Waals surface area contributed by atoms with Gasteiger partial charge in [-0.2, -0.15) is 0 Å². The van der Waals surface area contributed by atoms with Gasteiger partial charge in [0.05, 0.1) is 6.10 Å². The molecule has 2 nitrogen and oxygen atoms in total. The first kappa shape index (κ1) is 12.9. The molecule has 0 radical (unpaired) electrons. The summed E-state index contributed by atoms with van der Waals surface area (Å²) in [5.74, 6) is 0. The van der Waals surface area contributed by atoms with Crippen molar-refractivity contribution in [2.75, 3.05) is 11.9 Å². The molecule has 108 valence electrons. The topological polar surface area (TPSA) is 21.3 Å². The van der Waals surface area contributed by atoms with Crippen molar-refractivity contribution in [2.24, 2.45) is 0 Å². The van der Waals surface area contributed by atoms with Gasteiger partial charge in [0.25, 0.3) is 0 Å². The molecule has 2 aromatic rings. The standard InChI is InChI=1S/C19H21NO/c1-13-10-17(8-9-21-13)20-16-6-7-19-15(12-16)11-14-4-2-3-5-18(14)19/h2-7,12-13,17,20H,8-11H2,1H3. The molecule has 0 bridgehead atoms. The zero-order valence-corrected chi connectivity index (χ0v) is 12.4. The zero-order chi connectivity index (χ0) is 14.2. The molecule has 1 fully saturated rings. The summed E-state index contributed by atoms with van der Waals surface area (Å²) in [6.07, 6.45) is 3.62. The van der Waals surface area contributed by atoms with Crippen LogP contribution in [-0.2, 0) is 11.2 Å². The SMILES string of the molecule is CC1CC(Nc2ccc3c(c2)Cc2ccccc2-3)CCO1. The van der Waals surface area contributed by atoms with Gasteiger partial charge in [-0.3, -0.25) is 0 Å². The molecule has 2 heteroatoms. The second-order valence-electron chi connectivity index (χ2n) is 6.25. The summed E-state index contributed by atoms with van der Waals surface area (Å²) in [7, 11) is 0. The quantitative estimate of drug-likeness (QED) is 0.757. The van der Waals surface area contributed by atoms with Crippen LogP contribution in [0.15, 0.2) is 42.5 Å². The number of benzene rings is 2. The summed E-state index contributed by atoms with van der Waals surface area (Å²) in [6.45, 7) is 3.03. The number of rotatable bonds is 2. The van der Waals surface area contributed by atoms with Gasteiger partial charge in [0.15, 0.2) is 0 Å². The minimum atomic E-state index is 0.370. The molecule has 2 aliphatic rings. The van der Waals surface area contributed by atoms with Gasteiger partial charge in [0.1, 0.15) is 0 Å². The van der Waals surface area contributed by atoms with Crippen molar-refractivity contribution in [1.29, 1.82) is 0 Å². The van der Waals surface area contributed by atoms with E-state index >= 15 is 0 Å². The van der Waals surface area contributed by atoms with Crippen molar-refractivity contribution < 1.29 is 4.74 Å². The molecule has 2 unspecified atom stereocenters. The maximum atomic E-state index is 5.62. The molecule has 1 heterocycles. The molecular weight excluding hydrogens is 258 g/mol. The average molecular weight is 279 g/mol. The first-order chi connectivity index (χ1) is 10.3. The second kappa shape index (κ2) is 5.19. The minimum absolute atomic E-state index is 0.370. The van der Waals surface area contributed by atoms with Gasteiger partial charge < -0.3 is 10.1 Å². The van der Waals surface area contributed by atoms with Gasteiger partial charge in [-0.1, -0.05) is 30.3 Å². The molecule has 4 rings (SSSR count). The van der Waals surface area contributed by atoms with Crippen molar-refractivity contribution in [3.8, 4) is 11.1 Å². The molecule has 1 N–H and O–H groups in total. The summed E-state index contributed by atoms with van der Waals surface area (Å²) in [4.78, 5) is 0. The van der Waals surface area contributed by atoms with Crippen molar-refractivity contribution >= 4 is 5.69 Å². The first-order valence-electron chi connectivity index (χ1n) is 7.89. The van der Waals surface area contributed by atoms with E-state index in [9.17, 15) is 0 Å². The number of ether oxygens (including phenoxy) is 1. The third-order valence-electron chi connectivity index (χ3n) is 4.65. The summed E-state index contributed by atoms with van der Waals surface area (Å²) in [6, 6.07) is 16.1. The van der Waals surface area contributed by atoms with Crippen LogP contribution >= 0.6 is 0 Å². The Morgan fingerprint density at radius 3 is 2.81 bits per heavy atom. The van der Waals surface area contributed by atoms with Gasteiger partial charge in [-0.25, -0.2) is 0 Å². The van der Waals surface area contributed by atoms with Gasteiger partial charge in [0, 0.05) is 18.3 Å². The normalized spacial score (nSPS) is 23.5. The van der Waals surface area contributed by atoms with E-state index in [4.69, 9.17) is 4.74 Å². The third kappa shape index (κ3) is 2.44. The lowest BCUT2D eigenvalue weighted by Crippen LogP contribution is -2.32. The lowest BCUT2D eigenvalue weighted by molar-refractivity contribution is 0.0232. The lowest BCUT2D eigenvalue weighted by atomic mass is 10.0. The highest BCUT2D eigenvalue weighted by molar-refractivity contribution is 5.78. The Morgan fingerprint density at radius 1 is 1.05 bits per heavy atom. The maximum absolute atomic E-state index is 5.62. The van der Waals surface area contributed by atoms with Gasteiger partial charge in [-0.05, 0) is 60.6 Å². The van der Waals surface area contributed by atoms with Gasteiger partial charge in [0.2, 0.25) is 0 Å². The lowest BCUT2D eigenvalue weighted by Gasteiger charge is -2.28. The molecule has 1 aliphatic heterocycles. The molecule has 1 aliphatic carbocycles. The number of nitrogens with one attached hydrogen (secondary N) is 1. The average Bonchev–Trinajstić information content (AvgIpc) is 2.85. The fourth-order valence-corrected chi connectivity index (χ4v) is 3.60.